The number of pyridine rings is 2. The summed E-state index contributed by atoms with van der Waals surface area (Å²) in [5.74, 6) is 0.639. The molecule has 1 aliphatic rings. The molecule has 0 saturated heterocycles. The number of aromatic nitrogens is 2. The molecule has 5 nitrogen and oxygen atoms in total. The first-order valence-corrected chi connectivity index (χ1v) is 9.77. The quantitative estimate of drug-likeness (QED) is 0.828. The van der Waals surface area contributed by atoms with Gasteiger partial charge in [-0.2, -0.15) is 0 Å². The Bertz CT molecular complexity index is 713. The molecule has 132 valence electrons. The summed E-state index contributed by atoms with van der Waals surface area (Å²) in [7, 11) is 0. The Labute approximate surface area is 152 Å². The van der Waals surface area contributed by atoms with E-state index in [0.29, 0.717) is 11.4 Å². The van der Waals surface area contributed by atoms with Crippen LogP contribution >= 0.6 is 11.8 Å². The van der Waals surface area contributed by atoms with Gasteiger partial charge in [-0.25, -0.2) is 9.97 Å². The van der Waals surface area contributed by atoms with E-state index in [-0.39, 0.29) is 18.1 Å². The zero-order valence-electron chi connectivity index (χ0n) is 14.6. The second-order valence-electron chi connectivity index (χ2n) is 6.30. The molecule has 2 heterocycles. The standard InChI is InChI=1S/C19H23N3O2S/c1-13-5-10-17(21-12-13)24-15-8-6-14(7-9-15)22-18(23)16-4-3-11-20-19(16)25-2/h3-5,10-12,14-15H,6-9H2,1-2H3,(H,22,23). The Morgan fingerprint density at radius 2 is 2.00 bits per heavy atom. The number of carbonyl (C=O) groups is 1. The van der Waals surface area contributed by atoms with Crippen LogP contribution in [-0.2, 0) is 0 Å². The van der Waals surface area contributed by atoms with E-state index in [9.17, 15) is 4.79 Å². The molecule has 0 radical (unpaired) electrons. The SMILES string of the molecule is CSc1ncccc1C(=O)NC1CCC(Oc2ccc(C)cn2)CC1. The summed E-state index contributed by atoms with van der Waals surface area (Å²) >= 11 is 1.49. The average molecular weight is 357 g/mol. The first-order valence-electron chi connectivity index (χ1n) is 8.55. The predicted octanol–water partition coefficient (Wildman–Crippen LogP) is 3.63. The molecule has 2 aromatic rings. The molecule has 6 heteroatoms. The lowest BCUT2D eigenvalue weighted by Gasteiger charge is -2.29. The number of amides is 1. The molecule has 1 aliphatic carbocycles. The lowest BCUT2D eigenvalue weighted by molar-refractivity contribution is 0.0886. The van der Waals surface area contributed by atoms with E-state index in [2.05, 4.69) is 15.3 Å². The van der Waals surface area contributed by atoms with Crippen molar-refractivity contribution >= 4 is 17.7 Å². The van der Waals surface area contributed by atoms with Crippen molar-refractivity contribution in [2.75, 3.05) is 6.26 Å². The molecule has 0 aliphatic heterocycles. The summed E-state index contributed by atoms with van der Waals surface area (Å²) in [6, 6.07) is 7.73. The van der Waals surface area contributed by atoms with E-state index in [0.717, 1.165) is 36.3 Å². The summed E-state index contributed by atoms with van der Waals surface area (Å²) in [6.45, 7) is 2.01. The average Bonchev–Trinajstić information content (AvgIpc) is 2.65. The highest BCUT2D eigenvalue weighted by Crippen LogP contribution is 2.24. The summed E-state index contributed by atoms with van der Waals surface area (Å²) in [6.07, 6.45) is 9.30. The third kappa shape index (κ3) is 4.72. The zero-order valence-corrected chi connectivity index (χ0v) is 15.4. The first-order chi connectivity index (χ1) is 12.2. The Morgan fingerprint density at radius 3 is 2.68 bits per heavy atom. The van der Waals surface area contributed by atoms with Gasteiger partial charge in [0.15, 0.2) is 0 Å². The second kappa shape index (κ2) is 8.34. The van der Waals surface area contributed by atoms with Crippen molar-refractivity contribution in [2.24, 2.45) is 0 Å². The predicted molar refractivity (Wildman–Crippen MR) is 99.1 cm³/mol. The van der Waals surface area contributed by atoms with Gasteiger partial charge >= 0.3 is 0 Å². The number of carbonyl (C=O) groups excluding carboxylic acids is 1. The van der Waals surface area contributed by atoms with Crippen molar-refractivity contribution in [3.05, 3.63) is 47.8 Å². The largest absolute Gasteiger partial charge is 0.474 e. The van der Waals surface area contributed by atoms with Gasteiger partial charge < -0.3 is 10.1 Å². The fraction of sp³-hybridized carbons (Fsp3) is 0.421. The molecular formula is C19H23N3O2S. The van der Waals surface area contributed by atoms with Crippen LogP contribution in [0.5, 0.6) is 5.88 Å². The lowest BCUT2D eigenvalue weighted by atomic mass is 9.92. The van der Waals surface area contributed by atoms with E-state index in [1.807, 2.05) is 37.6 Å². The Kier molecular flexibility index (Phi) is 5.91. The molecule has 1 saturated carbocycles. The van der Waals surface area contributed by atoms with E-state index < -0.39 is 0 Å². The maximum absolute atomic E-state index is 12.5. The number of aryl methyl sites for hydroxylation is 1. The highest BCUT2D eigenvalue weighted by atomic mass is 32.2. The Hall–Kier alpha value is -2.08. The molecule has 0 spiro atoms. The third-order valence-electron chi connectivity index (χ3n) is 4.39. The van der Waals surface area contributed by atoms with Gasteiger partial charge in [0.2, 0.25) is 5.88 Å². The van der Waals surface area contributed by atoms with Gasteiger partial charge in [0.05, 0.1) is 5.56 Å². The normalized spacial score (nSPS) is 20.1. The molecule has 0 atom stereocenters. The van der Waals surface area contributed by atoms with Gasteiger partial charge in [-0.1, -0.05) is 6.07 Å². The van der Waals surface area contributed by atoms with Crippen molar-refractivity contribution in [1.82, 2.24) is 15.3 Å². The number of hydrogen-bond donors (Lipinski definition) is 1. The molecule has 2 aromatic heterocycles. The van der Waals surface area contributed by atoms with E-state index >= 15 is 0 Å². The fourth-order valence-corrected chi connectivity index (χ4v) is 3.56. The number of nitrogens with zero attached hydrogens (tertiary/aromatic N) is 2. The number of hydrogen-bond acceptors (Lipinski definition) is 5. The minimum Gasteiger partial charge on any atom is -0.474 e. The van der Waals surface area contributed by atoms with Gasteiger partial charge in [-0.05, 0) is 56.6 Å². The molecule has 3 rings (SSSR count). The Balaban J connectivity index is 1.50. The van der Waals surface area contributed by atoms with Gasteiger partial charge in [0, 0.05) is 24.5 Å². The fourth-order valence-electron chi connectivity index (χ4n) is 3.01. The highest BCUT2D eigenvalue weighted by Gasteiger charge is 2.25. The maximum Gasteiger partial charge on any atom is 0.254 e. The molecular weight excluding hydrogens is 334 g/mol. The lowest BCUT2D eigenvalue weighted by Crippen LogP contribution is -2.40. The summed E-state index contributed by atoms with van der Waals surface area (Å²) < 4.78 is 5.95. The summed E-state index contributed by atoms with van der Waals surface area (Å²) in [5, 5.41) is 3.90. The first kappa shape index (κ1) is 17.7. The van der Waals surface area contributed by atoms with Crippen LogP contribution in [-0.4, -0.2) is 34.3 Å². The van der Waals surface area contributed by atoms with Crippen molar-refractivity contribution in [2.45, 2.75) is 49.8 Å². The van der Waals surface area contributed by atoms with Crippen LogP contribution in [0.3, 0.4) is 0 Å². The zero-order chi connectivity index (χ0) is 17.6. The van der Waals surface area contributed by atoms with Crippen LogP contribution in [0, 0.1) is 6.92 Å². The van der Waals surface area contributed by atoms with Crippen molar-refractivity contribution in [1.29, 1.82) is 0 Å². The number of nitrogens with one attached hydrogen (secondary N) is 1. The van der Waals surface area contributed by atoms with Crippen LogP contribution in [0.2, 0.25) is 0 Å². The van der Waals surface area contributed by atoms with Crippen LogP contribution in [0.15, 0.2) is 41.7 Å². The van der Waals surface area contributed by atoms with Crippen LogP contribution in [0.4, 0.5) is 0 Å². The van der Waals surface area contributed by atoms with Crippen molar-refractivity contribution in [3.8, 4) is 5.88 Å². The van der Waals surface area contributed by atoms with Gasteiger partial charge in [0.25, 0.3) is 5.91 Å². The van der Waals surface area contributed by atoms with Crippen molar-refractivity contribution in [3.63, 3.8) is 0 Å². The van der Waals surface area contributed by atoms with Crippen LogP contribution < -0.4 is 10.1 Å². The van der Waals surface area contributed by atoms with Gasteiger partial charge in [-0.15, -0.1) is 11.8 Å². The van der Waals surface area contributed by atoms with E-state index in [1.54, 1.807) is 12.3 Å². The van der Waals surface area contributed by atoms with Gasteiger partial charge in [-0.3, -0.25) is 4.79 Å². The topological polar surface area (TPSA) is 64.1 Å². The second-order valence-corrected chi connectivity index (χ2v) is 7.09. The van der Waals surface area contributed by atoms with E-state index in [1.165, 1.54) is 11.8 Å². The number of thioether (sulfide) groups is 1. The monoisotopic (exact) mass is 357 g/mol. The maximum atomic E-state index is 12.5. The molecule has 1 N–H and O–H groups in total. The summed E-state index contributed by atoms with van der Waals surface area (Å²) in [5.41, 5.74) is 1.77. The van der Waals surface area contributed by atoms with Crippen LogP contribution in [0.1, 0.15) is 41.6 Å². The number of rotatable bonds is 5. The van der Waals surface area contributed by atoms with E-state index in [4.69, 9.17) is 4.74 Å². The third-order valence-corrected chi connectivity index (χ3v) is 5.10. The molecule has 25 heavy (non-hydrogen) atoms. The minimum absolute atomic E-state index is 0.0398. The molecule has 0 bridgehead atoms. The smallest absolute Gasteiger partial charge is 0.254 e. The van der Waals surface area contributed by atoms with Crippen molar-refractivity contribution < 1.29 is 9.53 Å². The highest BCUT2D eigenvalue weighted by molar-refractivity contribution is 7.98. The number of ether oxygens (including phenoxy) is 1. The molecule has 0 aromatic carbocycles. The summed E-state index contributed by atoms with van der Waals surface area (Å²) in [4.78, 5) is 21.0. The molecule has 1 fully saturated rings. The van der Waals surface area contributed by atoms with Crippen LogP contribution in [0.25, 0.3) is 0 Å². The van der Waals surface area contributed by atoms with Gasteiger partial charge in [0.1, 0.15) is 11.1 Å². The molecule has 1 amide bonds. The minimum atomic E-state index is -0.0398. The Morgan fingerprint density at radius 1 is 1.20 bits per heavy atom. The molecule has 0 unspecified atom stereocenters.